The lowest BCUT2D eigenvalue weighted by molar-refractivity contribution is 0.837. The fraction of sp³-hybridized carbons (Fsp3) is 0.417. The van der Waals surface area contributed by atoms with Gasteiger partial charge in [0, 0.05) is 5.22 Å². The SMILES string of the molecule is CC1=CCC=c2cn[nH]c2=C1C(C)C. The standard InChI is InChI=1S/C12H16N2/c1-8(2)11-9(3)5-4-6-10-7-13-14-12(10)11/h5-8,14H,4H2,1-3H3. The zero-order valence-electron chi connectivity index (χ0n) is 8.96. The van der Waals surface area contributed by atoms with Crippen LogP contribution >= 0.6 is 0 Å². The summed E-state index contributed by atoms with van der Waals surface area (Å²) in [5.74, 6) is 0.539. The van der Waals surface area contributed by atoms with Crippen LogP contribution in [0.25, 0.3) is 11.6 Å². The molecule has 2 heteroatoms. The third-order valence-electron chi connectivity index (χ3n) is 2.70. The number of H-pyrrole nitrogens is 1. The first kappa shape index (κ1) is 9.25. The average Bonchev–Trinajstić information content (AvgIpc) is 2.47. The molecule has 1 aliphatic carbocycles. The van der Waals surface area contributed by atoms with Gasteiger partial charge >= 0.3 is 0 Å². The lowest BCUT2D eigenvalue weighted by atomic mass is 9.96. The number of fused-ring (bicyclic) bond motifs is 1. The van der Waals surface area contributed by atoms with Crippen LogP contribution in [-0.2, 0) is 0 Å². The molecule has 0 bridgehead atoms. The van der Waals surface area contributed by atoms with Gasteiger partial charge in [0.15, 0.2) is 0 Å². The first-order chi connectivity index (χ1) is 6.70. The third kappa shape index (κ3) is 1.41. The molecular weight excluding hydrogens is 172 g/mol. The Morgan fingerprint density at radius 2 is 2.14 bits per heavy atom. The highest BCUT2D eigenvalue weighted by atomic mass is 15.1. The number of hydrogen-bond donors (Lipinski definition) is 1. The summed E-state index contributed by atoms with van der Waals surface area (Å²) in [6.07, 6.45) is 7.42. The van der Waals surface area contributed by atoms with Crippen LogP contribution in [0.5, 0.6) is 0 Å². The summed E-state index contributed by atoms with van der Waals surface area (Å²) < 4.78 is 0. The monoisotopic (exact) mass is 188 g/mol. The molecule has 0 unspecified atom stereocenters. The number of nitrogens with one attached hydrogen (secondary N) is 1. The molecule has 0 amide bonds. The van der Waals surface area contributed by atoms with Crippen LogP contribution in [0.2, 0.25) is 0 Å². The minimum absolute atomic E-state index is 0.539. The molecule has 2 rings (SSSR count). The number of hydrogen-bond acceptors (Lipinski definition) is 1. The van der Waals surface area contributed by atoms with Gasteiger partial charge in [-0.15, -0.1) is 0 Å². The predicted molar refractivity (Wildman–Crippen MR) is 58.9 cm³/mol. The summed E-state index contributed by atoms with van der Waals surface area (Å²) in [6, 6.07) is 0. The molecule has 0 aromatic carbocycles. The minimum Gasteiger partial charge on any atom is -0.278 e. The fourth-order valence-electron chi connectivity index (χ4n) is 2.08. The van der Waals surface area contributed by atoms with E-state index < -0.39 is 0 Å². The molecule has 74 valence electrons. The Labute approximate surface area is 84.0 Å². The molecular formula is C12H16N2. The fourth-order valence-corrected chi connectivity index (χ4v) is 2.08. The van der Waals surface area contributed by atoms with Gasteiger partial charge in [-0.05, 0) is 30.4 Å². The highest BCUT2D eigenvalue weighted by molar-refractivity contribution is 5.65. The van der Waals surface area contributed by atoms with Crippen LogP contribution in [0.15, 0.2) is 17.8 Å². The summed E-state index contributed by atoms with van der Waals surface area (Å²) in [5, 5.41) is 9.65. The van der Waals surface area contributed by atoms with Crippen molar-refractivity contribution in [1.82, 2.24) is 10.2 Å². The van der Waals surface area contributed by atoms with Crippen molar-refractivity contribution in [3.8, 4) is 0 Å². The van der Waals surface area contributed by atoms with Gasteiger partial charge in [0.05, 0.1) is 11.5 Å². The molecule has 0 atom stereocenters. The van der Waals surface area contributed by atoms with Crippen LogP contribution < -0.4 is 10.6 Å². The van der Waals surface area contributed by atoms with Gasteiger partial charge in [0.25, 0.3) is 0 Å². The Hall–Kier alpha value is -1.31. The Morgan fingerprint density at radius 3 is 2.86 bits per heavy atom. The number of allylic oxidation sites excluding steroid dienone is 2. The normalized spacial score (nSPS) is 16.0. The van der Waals surface area contributed by atoms with Crippen LogP contribution in [0.3, 0.4) is 0 Å². The van der Waals surface area contributed by atoms with Crippen LogP contribution in [0.1, 0.15) is 27.2 Å². The quantitative estimate of drug-likeness (QED) is 0.708. The lowest BCUT2D eigenvalue weighted by Crippen LogP contribution is -2.26. The Kier molecular flexibility index (Phi) is 2.28. The maximum absolute atomic E-state index is 4.11. The summed E-state index contributed by atoms with van der Waals surface area (Å²) >= 11 is 0. The molecule has 1 heterocycles. The second-order valence-corrected chi connectivity index (χ2v) is 4.10. The number of aromatic amines is 1. The van der Waals surface area contributed by atoms with Crippen molar-refractivity contribution in [3.63, 3.8) is 0 Å². The zero-order chi connectivity index (χ0) is 10.1. The van der Waals surface area contributed by atoms with Gasteiger partial charge in [0.2, 0.25) is 0 Å². The van der Waals surface area contributed by atoms with E-state index in [1.54, 1.807) is 0 Å². The summed E-state index contributed by atoms with van der Waals surface area (Å²) in [7, 11) is 0. The van der Waals surface area contributed by atoms with E-state index >= 15 is 0 Å². The summed E-state index contributed by atoms with van der Waals surface area (Å²) in [6.45, 7) is 6.63. The largest absolute Gasteiger partial charge is 0.278 e. The van der Waals surface area contributed by atoms with Crippen molar-refractivity contribution >= 4 is 11.6 Å². The van der Waals surface area contributed by atoms with Gasteiger partial charge < -0.3 is 0 Å². The van der Waals surface area contributed by atoms with Crippen molar-refractivity contribution in [2.45, 2.75) is 27.2 Å². The van der Waals surface area contributed by atoms with Gasteiger partial charge in [-0.1, -0.05) is 26.0 Å². The first-order valence-electron chi connectivity index (χ1n) is 5.11. The van der Waals surface area contributed by atoms with E-state index in [1.807, 2.05) is 6.20 Å². The second kappa shape index (κ2) is 3.45. The Morgan fingerprint density at radius 1 is 1.36 bits per heavy atom. The van der Waals surface area contributed by atoms with E-state index in [9.17, 15) is 0 Å². The highest BCUT2D eigenvalue weighted by Crippen LogP contribution is 2.19. The summed E-state index contributed by atoms with van der Waals surface area (Å²) in [4.78, 5) is 0. The van der Waals surface area contributed by atoms with Gasteiger partial charge in [-0.2, -0.15) is 5.10 Å². The Bertz CT molecular complexity index is 475. The molecule has 1 aromatic rings. The first-order valence-corrected chi connectivity index (χ1v) is 5.11. The van der Waals surface area contributed by atoms with E-state index in [2.05, 4.69) is 43.1 Å². The van der Waals surface area contributed by atoms with E-state index in [0.29, 0.717) is 5.92 Å². The molecule has 0 spiro atoms. The lowest BCUT2D eigenvalue weighted by Gasteiger charge is -2.10. The minimum atomic E-state index is 0.539. The molecule has 0 radical (unpaired) electrons. The van der Waals surface area contributed by atoms with Crippen molar-refractivity contribution in [3.05, 3.63) is 28.4 Å². The van der Waals surface area contributed by atoms with Crippen molar-refractivity contribution in [1.29, 1.82) is 0 Å². The van der Waals surface area contributed by atoms with Crippen LogP contribution in [0, 0.1) is 5.92 Å². The molecule has 0 saturated heterocycles. The number of rotatable bonds is 1. The number of aromatic nitrogens is 2. The molecule has 1 aliphatic rings. The second-order valence-electron chi connectivity index (χ2n) is 4.10. The molecule has 0 saturated carbocycles. The molecule has 14 heavy (non-hydrogen) atoms. The van der Waals surface area contributed by atoms with Gasteiger partial charge in [-0.3, -0.25) is 5.10 Å². The molecule has 0 fully saturated rings. The van der Waals surface area contributed by atoms with Gasteiger partial charge in [0.1, 0.15) is 0 Å². The maximum Gasteiger partial charge on any atom is 0.0684 e. The van der Waals surface area contributed by atoms with E-state index in [4.69, 9.17) is 0 Å². The van der Waals surface area contributed by atoms with Crippen molar-refractivity contribution in [2.24, 2.45) is 5.92 Å². The van der Waals surface area contributed by atoms with Crippen LogP contribution in [-0.4, -0.2) is 10.2 Å². The highest BCUT2D eigenvalue weighted by Gasteiger charge is 2.09. The van der Waals surface area contributed by atoms with Crippen LogP contribution in [0.4, 0.5) is 0 Å². The molecule has 2 nitrogen and oxygen atoms in total. The van der Waals surface area contributed by atoms with E-state index in [1.165, 1.54) is 21.7 Å². The summed E-state index contributed by atoms with van der Waals surface area (Å²) in [5.41, 5.74) is 2.77. The van der Waals surface area contributed by atoms with E-state index in [0.717, 1.165) is 6.42 Å². The van der Waals surface area contributed by atoms with Crippen molar-refractivity contribution < 1.29 is 0 Å². The predicted octanol–water partition coefficient (Wildman–Crippen LogP) is 1.35. The maximum atomic E-state index is 4.11. The van der Waals surface area contributed by atoms with E-state index in [-0.39, 0.29) is 0 Å². The smallest absolute Gasteiger partial charge is 0.0684 e. The molecule has 1 aromatic heterocycles. The zero-order valence-corrected chi connectivity index (χ0v) is 8.96. The average molecular weight is 188 g/mol. The van der Waals surface area contributed by atoms with Gasteiger partial charge in [-0.25, -0.2) is 0 Å². The van der Waals surface area contributed by atoms with Crippen molar-refractivity contribution in [2.75, 3.05) is 0 Å². The molecule has 1 N–H and O–H groups in total. The Balaban J connectivity index is 2.81. The third-order valence-corrected chi connectivity index (χ3v) is 2.70. The molecule has 0 aliphatic heterocycles. The number of nitrogens with zero attached hydrogens (tertiary/aromatic N) is 1. The topological polar surface area (TPSA) is 28.7 Å².